The molecule has 0 bridgehead atoms. The van der Waals surface area contributed by atoms with E-state index in [-0.39, 0.29) is 15.9 Å². The second kappa shape index (κ2) is 4.06. The van der Waals surface area contributed by atoms with E-state index in [1.807, 2.05) is 0 Å². The quantitative estimate of drug-likeness (QED) is 0.533. The minimum atomic E-state index is -4.59. The van der Waals surface area contributed by atoms with Crippen LogP contribution in [0.2, 0.25) is 0 Å². The highest BCUT2D eigenvalue weighted by atomic mass is 79.9. The molecule has 0 saturated heterocycles. The summed E-state index contributed by atoms with van der Waals surface area (Å²) in [6.07, 6.45) is -4.59. The van der Waals surface area contributed by atoms with Gasteiger partial charge < -0.3 is 0 Å². The summed E-state index contributed by atoms with van der Waals surface area (Å²) >= 11 is 8.17. The molecule has 0 radical (unpaired) electrons. The van der Waals surface area contributed by atoms with Gasteiger partial charge in [-0.05, 0) is 17.7 Å². The van der Waals surface area contributed by atoms with Crippen LogP contribution in [0.15, 0.2) is 16.6 Å². The average Bonchev–Trinajstić information content (AvgIpc) is 2.01. The van der Waals surface area contributed by atoms with Crippen molar-refractivity contribution >= 4 is 27.5 Å². The summed E-state index contributed by atoms with van der Waals surface area (Å²) < 4.78 is 49.8. The Kier molecular flexibility index (Phi) is 3.42. The van der Waals surface area contributed by atoms with Crippen LogP contribution in [-0.4, -0.2) is 0 Å². The van der Waals surface area contributed by atoms with Crippen LogP contribution < -0.4 is 0 Å². The number of alkyl halides is 4. The lowest BCUT2D eigenvalue weighted by molar-refractivity contribution is -0.138. The molecule has 0 heterocycles. The third-order valence-electron chi connectivity index (χ3n) is 1.60. The minimum absolute atomic E-state index is 0.0276. The van der Waals surface area contributed by atoms with Crippen molar-refractivity contribution in [2.45, 2.75) is 12.1 Å². The van der Waals surface area contributed by atoms with E-state index in [1.165, 1.54) is 0 Å². The van der Waals surface area contributed by atoms with E-state index in [1.54, 1.807) is 0 Å². The first-order valence-electron chi connectivity index (χ1n) is 3.47. The molecule has 0 fully saturated rings. The topological polar surface area (TPSA) is 0 Å². The molecule has 0 nitrogen and oxygen atoms in total. The van der Waals surface area contributed by atoms with Gasteiger partial charge in [-0.3, -0.25) is 0 Å². The maximum Gasteiger partial charge on any atom is 0.416 e. The molecule has 1 rings (SSSR count). The van der Waals surface area contributed by atoms with Gasteiger partial charge in [-0.15, -0.1) is 11.6 Å². The standard InChI is InChI=1S/C8H4BrClF4/c9-7-2-4(11)1-6(5(7)3-10)8(12,13)14/h1-2H,3H2. The smallest absolute Gasteiger partial charge is 0.207 e. The number of hydrogen-bond donors (Lipinski definition) is 0. The first kappa shape index (κ1) is 11.8. The zero-order chi connectivity index (χ0) is 10.9. The Hall–Kier alpha value is -0.290. The molecule has 0 aliphatic heterocycles. The first-order valence-corrected chi connectivity index (χ1v) is 4.80. The van der Waals surface area contributed by atoms with Crippen molar-refractivity contribution in [3.63, 3.8) is 0 Å². The van der Waals surface area contributed by atoms with Crippen LogP contribution in [-0.2, 0) is 12.1 Å². The molecule has 6 heteroatoms. The van der Waals surface area contributed by atoms with Gasteiger partial charge in [0.25, 0.3) is 0 Å². The average molecular weight is 291 g/mol. The van der Waals surface area contributed by atoms with Crippen molar-refractivity contribution in [2.75, 3.05) is 0 Å². The van der Waals surface area contributed by atoms with Crippen LogP contribution in [0, 0.1) is 5.82 Å². The number of benzene rings is 1. The zero-order valence-corrected chi connectivity index (χ0v) is 8.97. The predicted molar refractivity (Wildman–Crippen MR) is 48.7 cm³/mol. The van der Waals surface area contributed by atoms with E-state index >= 15 is 0 Å². The van der Waals surface area contributed by atoms with Crippen LogP contribution in [0.3, 0.4) is 0 Å². The molecule has 0 atom stereocenters. The van der Waals surface area contributed by atoms with E-state index in [9.17, 15) is 17.6 Å². The molecule has 1 aromatic rings. The highest BCUT2D eigenvalue weighted by Gasteiger charge is 2.34. The van der Waals surface area contributed by atoms with Gasteiger partial charge in [-0.1, -0.05) is 15.9 Å². The Bertz CT molecular complexity index is 348. The monoisotopic (exact) mass is 290 g/mol. The lowest BCUT2D eigenvalue weighted by Crippen LogP contribution is -2.09. The van der Waals surface area contributed by atoms with E-state index in [4.69, 9.17) is 11.6 Å². The molecular formula is C8H4BrClF4. The second-order valence-corrected chi connectivity index (χ2v) is 3.67. The molecule has 0 saturated carbocycles. The zero-order valence-electron chi connectivity index (χ0n) is 6.63. The normalized spacial score (nSPS) is 11.9. The van der Waals surface area contributed by atoms with Gasteiger partial charge in [-0.25, -0.2) is 4.39 Å². The third kappa shape index (κ3) is 2.39. The second-order valence-electron chi connectivity index (χ2n) is 2.55. The van der Waals surface area contributed by atoms with E-state index in [0.29, 0.717) is 6.07 Å². The molecule has 0 spiro atoms. The number of rotatable bonds is 1. The molecule has 0 aliphatic rings. The highest BCUT2D eigenvalue weighted by molar-refractivity contribution is 9.10. The van der Waals surface area contributed by atoms with Gasteiger partial charge >= 0.3 is 6.18 Å². The largest absolute Gasteiger partial charge is 0.416 e. The third-order valence-corrected chi connectivity index (χ3v) is 2.57. The van der Waals surface area contributed by atoms with Crippen molar-refractivity contribution in [3.05, 3.63) is 33.5 Å². The Morgan fingerprint density at radius 2 is 1.86 bits per heavy atom. The maximum absolute atomic E-state index is 12.7. The van der Waals surface area contributed by atoms with Gasteiger partial charge in [0, 0.05) is 10.4 Å². The summed E-state index contributed by atoms with van der Waals surface area (Å²) in [6, 6.07) is 1.38. The van der Waals surface area contributed by atoms with E-state index in [0.717, 1.165) is 6.07 Å². The van der Waals surface area contributed by atoms with Gasteiger partial charge in [0.2, 0.25) is 0 Å². The lowest BCUT2D eigenvalue weighted by Gasteiger charge is -2.12. The maximum atomic E-state index is 12.7. The van der Waals surface area contributed by atoms with E-state index in [2.05, 4.69) is 15.9 Å². The molecule has 14 heavy (non-hydrogen) atoms. The van der Waals surface area contributed by atoms with Crippen molar-refractivity contribution in [2.24, 2.45) is 0 Å². The summed E-state index contributed by atoms with van der Waals surface area (Å²) in [5.74, 6) is -1.27. The van der Waals surface area contributed by atoms with Crippen molar-refractivity contribution in [3.8, 4) is 0 Å². The van der Waals surface area contributed by atoms with Crippen molar-refractivity contribution < 1.29 is 17.6 Å². The highest BCUT2D eigenvalue weighted by Crippen LogP contribution is 2.36. The van der Waals surface area contributed by atoms with Crippen LogP contribution in [0.1, 0.15) is 11.1 Å². The van der Waals surface area contributed by atoms with E-state index < -0.39 is 17.6 Å². The fraction of sp³-hybridized carbons (Fsp3) is 0.250. The summed E-state index contributed by atoms with van der Waals surface area (Å²) in [5, 5.41) is 0. The fourth-order valence-corrected chi connectivity index (χ4v) is 2.01. The van der Waals surface area contributed by atoms with Gasteiger partial charge in [-0.2, -0.15) is 13.2 Å². The Balaban J connectivity index is 3.40. The van der Waals surface area contributed by atoms with Crippen molar-refractivity contribution in [1.82, 2.24) is 0 Å². The molecule has 1 aromatic carbocycles. The molecule has 0 unspecified atom stereocenters. The van der Waals surface area contributed by atoms with Crippen LogP contribution in [0.25, 0.3) is 0 Å². The lowest BCUT2D eigenvalue weighted by atomic mass is 10.1. The molecule has 0 aliphatic carbocycles. The molecular weight excluding hydrogens is 287 g/mol. The van der Waals surface area contributed by atoms with Crippen LogP contribution in [0.5, 0.6) is 0 Å². The minimum Gasteiger partial charge on any atom is -0.207 e. The summed E-state index contributed by atoms with van der Waals surface area (Å²) in [5.41, 5.74) is -1.19. The van der Waals surface area contributed by atoms with Crippen LogP contribution in [0.4, 0.5) is 17.6 Å². The Morgan fingerprint density at radius 1 is 1.29 bits per heavy atom. The SMILES string of the molecule is Fc1cc(Br)c(CCl)c(C(F)(F)F)c1. The van der Waals surface area contributed by atoms with Gasteiger partial charge in [0.1, 0.15) is 5.82 Å². The Morgan fingerprint density at radius 3 is 2.29 bits per heavy atom. The molecule has 0 amide bonds. The molecule has 78 valence electrons. The number of hydrogen-bond acceptors (Lipinski definition) is 0. The van der Waals surface area contributed by atoms with Crippen LogP contribution >= 0.6 is 27.5 Å². The van der Waals surface area contributed by atoms with Crippen molar-refractivity contribution in [1.29, 1.82) is 0 Å². The predicted octanol–water partition coefficient (Wildman–Crippen LogP) is 4.35. The van der Waals surface area contributed by atoms with Gasteiger partial charge in [0.05, 0.1) is 5.56 Å². The van der Waals surface area contributed by atoms with Gasteiger partial charge in [0.15, 0.2) is 0 Å². The summed E-state index contributed by atoms with van der Waals surface area (Å²) in [4.78, 5) is 0. The first-order chi connectivity index (χ1) is 6.36. The number of halogens is 6. The molecule has 0 N–H and O–H groups in total. The summed E-state index contributed by atoms with van der Waals surface area (Å²) in [6.45, 7) is 0. The molecule has 0 aromatic heterocycles. The summed E-state index contributed by atoms with van der Waals surface area (Å²) in [7, 11) is 0. The fourth-order valence-electron chi connectivity index (χ4n) is 0.992. The Labute approximate surface area is 91.0 Å².